The molecule has 7 heteroatoms. The molecule has 0 amide bonds. The Balaban J connectivity index is 1.17. The summed E-state index contributed by atoms with van der Waals surface area (Å²) >= 11 is 0. The van der Waals surface area contributed by atoms with E-state index in [1.165, 1.54) is 0 Å². The van der Waals surface area contributed by atoms with Crippen LogP contribution in [0.15, 0.2) is 160 Å². The second kappa shape index (κ2) is 11.8. The first-order valence-corrected chi connectivity index (χ1v) is 17.9. The van der Waals surface area contributed by atoms with Gasteiger partial charge in [-0.15, -0.1) is 0 Å². The lowest BCUT2D eigenvalue weighted by Gasteiger charge is -2.14. The van der Waals surface area contributed by atoms with Crippen molar-refractivity contribution in [2.75, 3.05) is 0 Å². The molecule has 7 nitrogen and oxygen atoms in total. The second-order valence-corrected chi connectivity index (χ2v) is 13.5. The smallest absolute Gasteiger partial charge is 0.164 e. The first-order valence-electron chi connectivity index (χ1n) is 17.9. The molecule has 0 N–H and O–H groups in total. The average Bonchev–Trinajstić information content (AvgIpc) is 3.93. The number of hydrogen-bond donors (Lipinski definition) is 0. The van der Waals surface area contributed by atoms with Crippen LogP contribution in [0.4, 0.5) is 0 Å². The zero-order valence-electron chi connectivity index (χ0n) is 29.0. The highest BCUT2D eigenvalue weighted by Crippen LogP contribution is 2.42. The van der Waals surface area contributed by atoms with Crippen LogP contribution >= 0.6 is 0 Å². The van der Waals surface area contributed by atoms with Crippen LogP contribution < -0.4 is 0 Å². The zero-order valence-corrected chi connectivity index (χ0v) is 29.0. The van der Waals surface area contributed by atoms with Crippen molar-refractivity contribution in [2.24, 2.45) is 0 Å². The number of nitrogens with zero attached hydrogens (tertiary/aromatic N) is 5. The van der Waals surface area contributed by atoms with Crippen molar-refractivity contribution in [1.82, 2.24) is 14.5 Å². The Morgan fingerprint density at radius 2 is 1.11 bits per heavy atom. The Morgan fingerprint density at radius 1 is 0.491 bits per heavy atom. The molecule has 55 heavy (non-hydrogen) atoms. The van der Waals surface area contributed by atoms with Gasteiger partial charge < -0.3 is 13.4 Å². The molecule has 0 saturated carbocycles. The average molecular weight is 704 g/mol. The van der Waals surface area contributed by atoms with Crippen LogP contribution in [-0.4, -0.2) is 14.5 Å². The molecular formula is C48H25N5O2. The third-order valence-corrected chi connectivity index (χ3v) is 10.5. The fourth-order valence-electron chi connectivity index (χ4n) is 8.07. The molecule has 0 aliphatic heterocycles. The molecule has 4 heterocycles. The maximum absolute atomic E-state index is 10.8. The van der Waals surface area contributed by atoms with Crippen molar-refractivity contribution < 1.29 is 8.83 Å². The van der Waals surface area contributed by atoms with E-state index in [2.05, 4.69) is 47.0 Å². The normalized spacial score (nSPS) is 11.6. The van der Waals surface area contributed by atoms with Gasteiger partial charge in [-0.1, -0.05) is 109 Å². The number of nitriles is 2. The van der Waals surface area contributed by atoms with Gasteiger partial charge in [0.15, 0.2) is 11.4 Å². The predicted octanol–water partition coefficient (Wildman–Crippen LogP) is 12.1. The Hall–Kier alpha value is -8.00. The molecule has 0 saturated heterocycles. The van der Waals surface area contributed by atoms with Crippen LogP contribution in [0.5, 0.6) is 0 Å². The highest BCUT2D eigenvalue weighted by Gasteiger charge is 2.24. The third kappa shape index (κ3) is 4.48. The van der Waals surface area contributed by atoms with Crippen molar-refractivity contribution in [2.45, 2.75) is 0 Å². The fourth-order valence-corrected chi connectivity index (χ4v) is 8.07. The molecule has 0 atom stereocenters. The third-order valence-electron chi connectivity index (χ3n) is 10.5. The van der Waals surface area contributed by atoms with E-state index in [-0.39, 0.29) is 0 Å². The van der Waals surface area contributed by atoms with Crippen LogP contribution in [-0.2, 0) is 0 Å². The van der Waals surface area contributed by atoms with Crippen molar-refractivity contribution in [3.8, 4) is 51.7 Å². The molecule has 0 spiro atoms. The van der Waals surface area contributed by atoms with Crippen LogP contribution in [0.3, 0.4) is 0 Å². The predicted molar refractivity (Wildman–Crippen MR) is 217 cm³/mol. The highest BCUT2D eigenvalue weighted by atomic mass is 16.3. The Labute approximate surface area is 313 Å². The minimum atomic E-state index is 0.309. The number of aromatic nitrogens is 3. The number of fused-ring (bicyclic) bond motifs is 10. The first kappa shape index (κ1) is 30.6. The summed E-state index contributed by atoms with van der Waals surface area (Å²) in [4.78, 5) is 10.1. The summed E-state index contributed by atoms with van der Waals surface area (Å²) in [7, 11) is 0. The molecule has 7 aromatic carbocycles. The van der Waals surface area contributed by atoms with E-state index in [1.807, 2.05) is 121 Å². The summed E-state index contributed by atoms with van der Waals surface area (Å²) in [5, 5.41) is 27.6. The minimum Gasteiger partial charge on any atom is -0.455 e. The molecule has 254 valence electrons. The van der Waals surface area contributed by atoms with Crippen molar-refractivity contribution in [1.29, 1.82) is 10.5 Å². The van der Waals surface area contributed by atoms with Gasteiger partial charge in [-0.3, -0.25) is 0 Å². The quantitative estimate of drug-likeness (QED) is 0.181. The highest BCUT2D eigenvalue weighted by molar-refractivity contribution is 6.21. The van der Waals surface area contributed by atoms with Crippen molar-refractivity contribution in [3.63, 3.8) is 0 Å². The molecular weight excluding hydrogens is 679 g/mol. The van der Waals surface area contributed by atoms with Gasteiger partial charge in [0.2, 0.25) is 0 Å². The van der Waals surface area contributed by atoms with Crippen LogP contribution in [0.25, 0.3) is 105 Å². The monoisotopic (exact) mass is 703 g/mol. The number of benzene rings is 7. The molecule has 4 aromatic heterocycles. The number of furan rings is 2. The van der Waals surface area contributed by atoms with Gasteiger partial charge in [-0.05, 0) is 42.5 Å². The van der Waals surface area contributed by atoms with E-state index in [0.717, 1.165) is 65.7 Å². The summed E-state index contributed by atoms with van der Waals surface area (Å²) in [5.41, 5.74) is 9.23. The summed E-state index contributed by atoms with van der Waals surface area (Å²) < 4.78 is 15.1. The van der Waals surface area contributed by atoms with E-state index < -0.39 is 0 Å². The van der Waals surface area contributed by atoms with Crippen molar-refractivity contribution >= 4 is 65.7 Å². The summed E-state index contributed by atoms with van der Waals surface area (Å²) in [6.45, 7) is 0. The second-order valence-electron chi connectivity index (χ2n) is 13.5. The molecule has 11 aromatic rings. The van der Waals surface area contributed by atoms with E-state index >= 15 is 0 Å². The molecule has 0 unspecified atom stereocenters. The van der Waals surface area contributed by atoms with E-state index in [0.29, 0.717) is 50.7 Å². The van der Waals surface area contributed by atoms with Gasteiger partial charge in [-0.25, -0.2) is 9.97 Å². The van der Waals surface area contributed by atoms with E-state index in [9.17, 15) is 10.5 Å². The fraction of sp³-hybridized carbons (Fsp3) is 0. The standard InChI is InChI=1S/C48H25N5O2/c49-26-30-25-29(21-24-39(30)53-40-18-7-4-13-31(40)34-22-23-36-33-15-6-9-20-42(33)55-47(36)45(34)53)44-38(27-50)43(28-11-2-1-3-12-28)51-48(52-44)37-17-10-16-35-32-14-5-8-19-41(32)54-46(35)37/h1-25H. The summed E-state index contributed by atoms with van der Waals surface area (Å²) in [6.07, 6.45) is 0. The first-order chi connectivity index (χ1) is 27.2. The molecule has 0 fully saturated rings. The van der Waals surface area contributed by atoms with E-state index in [4.69, 9.17) is 18.8 Å². The number of para-hydroxylation sites is 4. The topological polar surface area (TPSA) is 105 Å². The van der Waals surface area contributed by atoms with E-state index in [1.54, 1.807) is 0 Å². The van der Waals surface area contributed by atoms with Crippen LogP contribution in [0, 0.1) is 22.7 Å². The molecule has 0 aliphatic rings. The summed E-state index contributed by atoms with van der Waals surface area (Å²) in [6, 6.07) is 54.5. The van der Waals surface area contributed by atoms with Crippen molar-refractivity contribution in [3.05, 3.63) is 163 Å². The van der Waals surface area contributed by atoms with Gasteiger partial charge in [-0.2, -0.15) is 10.5 Å². The Kier molecular flexibility index (Phi) is 6.54. The van der Waals surface area contributed by atoms with Crippen LogP contribution in [0.1, 0.15) is 11.1 Å². The molecule has 11 rings (SSSR count). The van der Waals surface area contributed by atoms with Crippen LogP contribution in [0.2, 0.25) is 0 Å². The zero-order chi connectivity index (χ0) is 36.6. The lowest BCUT2D eigenvalue weighted by atomic mass is 9.98. The van der Waals surface area contributed by atoms with Gasteiger partial charge in [0.1, 0.15) is 34.5 Å². The lowest BCUT2D eigenvalue weighted by Crippen LogP contribution is -2.03. The largest absolute Gasteiger partial charge is 0.455 e. The molecule has 0 radical (unpaired) electrons. The maximum Gasteiger partial charge on any atom is 0.164 e. The summed E-state index contributed by atoms with van der Waals surface area (Å²) in [5.74, 6) is 0.412. The van der Waals surface area contributed by atoms with Gasteiger partial charge in [0.25, 0.3) is 0 Å². The number of rotatable bonds is 4. The Bertz CT molecular complexity index is 3470. The molecule has 0 aliphatic carbocycles. The lowest BCUT2D eigenvalue weighted by molar-refractivity contribution is 0.669. The minimum absolute atomic E-state index is 0.309. The van der Waals surface area contributed by atoms with Gasteiger partial charge in [0, 0.05) is 43.4 Å². The van der Waals surface area contributed by atoms with Gasteiger partial charge >= 0.3 is 0 Å². The maximum atomic E-state index is 10.8. The Morgan fingerprint density at radius 3 is 1.85 bits per heavy atom. The molecule has 0 bridgehead atoms. The number of hydrogen-bond acceptors (Lipinski definition) is 6. The SMILES string of the molecule is N#Cc1cc(-c2nc(-c3cccc4c3oc3ccccc34)nc(-c3ccccc3)c2C#N)ccc1-n1c2ccccc2c2ccc3c4ccccc4oc3c21. The van der Waals surface area contributed by atoms with Gasteiger partial charge in [0.05, 0.1) is 39.2 Å².